The Bertz CT molecular complexity index is 567. The Hall–Kier alpha value is -2.00. The van der Waals surface area contributed by atoms with Crippen LogP contribution in [-0.4, -0.2) is 13.4 Å². The highest BCUT2D eigenvalue weighted by Gasteiger charge is 2.08. The molecule has 0 saturated carbocycles. The topological polar surface area (TPSA) is 35.5 Å². The molecule has 0 amide bonds. The molecule has 3 nitrogen and oxygen atoms in total. The zero-order chi connectivity index (χ0) is 13.0. The maximum absolute atomic E-state index is 11.0. The molecule has 0 spiro atoms. The van der Waals surface area contributed by atoms with Crippen LogP contribution in [0, 0.1) is 0 Å². The zero-order valence-electron chi connectivity index (χ0n) is 9.72. The zero-order valence-corrected chi connectivity index (χ0v) is 10.5. The molecule has 4 heteroatoms. The van der Waals surface area contributed by atoms with Crippen LogP contribution in [0.5, 0.6) is 17.2 Å². The van der Waals surface area contributed by atoms with E-state index in [1.165, 1.54) is 0 Å². The number of carbonyl (C=O) groups excluding carboxylic acids is 1. The summed E-state index contributed by atoms with van der Waals surface area (Å²) in [4.78, 5) is 11.0. The molecule has 0 atom stereocenters. The number of methoxy groups -OCH3 is 1. The van der Waals surface area contributed by atoms with Gasteiger partial charge in [-0.2, -0.15) is 0 Å². The standard InChI is InChI=1S/C14H11ClO3/c1-17-10-4-2-5-11(8-10)18-14-7-3-6-13(15)12(14)9-16/h2-9H,1H3. The van der Waals surface area contributed by atoms with E-state index in [0.29, 0.717) is 34.1 Å². The number of benzene rings is 2. The Morgan fingerprint density at radius 3 is 2.56 bits per heavy atom. The third kappa shape index (κ3) is 2.63. The van der Waals surface area contributed by atoms with Crippen LogP contribution in [0.25, 0.3) is 0 Å². The van der Waals surface area contributed by atoms with E-state index < -0.39 is 0 Å². The molecule has 0 heterocycles. The fraction of sp³-hybridized carbons (Fsp3) is 0.0714. The van der Waals surface area contributed by atoms with E-state index in [1.54, 1.807) is 43.5 Å². The fourth-order valence-electron chi connectivity index (χ4n) is 1.51. The first-order valence-electron chi connectivity index (χ1n) is 5.30. The van der Waals surface area contributed by atoms with Crippen LogP contribution in [-0.2, 0) is 0 Å². The van der Waals surface area contributed by atoms with Crippen molar-refractivity contribution in [1.29, 1.82) is 0 Å². The van der Waals surface area contributed by atoms with Gasteiger partial charge in [0.25, 0.3) is 0 Å². The molecule has 2 aromatic carbocycles. The average molecular weight is 263 g/mol. The van der Waals surface area contributed by atoms with Gasteiger partial charge in [0, 0.05) is 6.07 Å². The van der Waals surface area contributed by atoms with Crippen molar-refractivity contribution >= 4 is 17.9 Å². The third-order valence-corrected chi connectivity index (χ3v) is 2.73. The molecule has 0 radical (unpaired) electrons. The molecule has 0 saturated heterocycles. The summed E-state index contributed by atoms with van der Waals surface area (Å²) in [5.41, 5.74) is 0.335. The van der Waals surface area contributed by atoms with Crippen molar-refractivity contribution in [3.8, 4) is 17.2 Å². The summed E-state index contributed by atoms with van der Waals surface area (Å²) >= 11 is 5.92. The van der Waals surface area contributed by atoms with Gasteiger partial charge in [-0.15, -0.1) is 0 Å². The van der Waals surface area contributed by atoms with Crippen molar-refractivity contribution in [3.63, 3.8) is 0 Å². The number of hydrogen-bond donors (Lipinski definition) is 0. The van der Waals surface area contributed by atoms with E-state index in [0.717, 1.165) is 0 Å². The van der Waals surface area contributed by atoms with Crippen molar-refractivity contribution in [3.05, 3.63) is 53.1 Å². The molecule has 2 rings (SSSR count). The van der Waals surface area contributed by atoms with E-state index >= 15 is 0 Å². The minimum Gasteiger partial charge on any atom is -0.497 e. The minimum atomic E-state index is 0.335. The van der Waals surface area contributed by atoms with Crippen LogP contribution in [0.3, 0.4) is 0 Å². The number of carbonyl (C=O) groups is 1. The molecule has 0 unspecified atom stereocenters. The van der Waals surface area contributed by atoms with Crippen molar-refractivity contribution in [2.24, 2.45) is 0 Å². The maximum Gasteiger partial charge on any atom is 0.155 e. The quantitative estimate of drug-likeness (QED) is 0.783. The Morgan fingerprint density at radius 2 is 1.83 bits per heavy atom. The molecule has 0 bridgehead atoms. The molecule has 0 aliphatic heterocycles. The molecule has 0 N–H and O–H groups in total. The molecular formula is C14H11ClO3. The summed E-state index contributed by atoms with van der Waals surface area (Å²) in [7, 11) is 1.58. The van der Waals surface area contributed by atoms with Gasteiger partial charge in [0.15, 0.2) is 6.29 Å². The second-order valence-electron chi connectivity index (χ2n) is 3.55. The van der Waals surface area contributed by atoms with Crippen molar-refractivity contribution < 1.29 is 14.3 Å². The molecule has 2 aromatic rings. The average Bonchev–Trinajstić information content (AvgIpc) is 2.39. The monoisotopic (exact) mass is 262 g/mol. The summed E-state index contributed by atoms with van der Waals surface area (Å²) in [6, 6.07) is 12.2. The van der Waals surface area contributed by atoms with E-state index in [1.807, 2.05) is 6.07 Å². The highest BCUT2D eigenvalue weighted by Crippen LogP contribution is 2.30. The summed E-state index contributed by atoms with van der Waals surface area (Å²) in [6.45, 7) is 0. The van der Waals surface area contributed by atoms with Crippen molar-refractivity contribution in [2.75, 3.05) is 7.11 Å². The highest BCUT2D eigenvalue weighted by atomic mass is 35.5. The Kier molecular flexibility index (Phi) is 3.85. The summed E-state index contributed by atoms with van der Waals surface area (Å²) in [5, 5.41) is 0.366. The van der Waals surface area contributed by atoms with Crippen LogP contribution in [0.15, 0.2) is 42.5 Å². The molecule has 0 aliphatic carbocycles. The summed E-state index contributed by atoms with van der Waals surface area (Å²) in [6.07, 6.45) is 0.678. The molecule has 0 fully saturated rings. The normalized spacial score (nSPS) is 9.89. The van der Waals surface area contributed by atoms with E-state index in [4.69, 9.17) is 21.1 Å². The Labute approximate surface area is 110 Å². The van der Waals surface area contributed by atoms with Crippen LogP contribution in [0.1, 0.15) is 10.4 Å². The van der Waals surface area contributed by atoms with Crippen LogP contribution < -0.4 is 9.47 Å². The second-order valence-corrected chi connectivity index (χ2v) is 3.96. The first kappa shape index (κ1) is 12.5. The predicted octanol–water partition coefficient (Wildman–Crippen LogP) is 3.95. The highest BCUT2D eigenvalue weighted by molar-refractivity contribution is 6.33. The van der Waals surface area contributed by atoms with Crippen molar-refractivity contribution in [2.45, 2.75) is 0 Å². The first-order chi connectivity index (χ1) is 8.74. The summed E-state index contributed by atoms with van der Waals surface area (Å²) < 4.78 is 10.7. The lowest BCUT2D eigenvalue weighted by Gasteiger charge is -2.09. The van der Waals surface area contributed by atoms with Gasteiger partial charge in [0.1, 0.15) is 17.2 Å². The van der Waals surface area contributed by atoms with Gasteiger partial charge in [0.05, 0.1) is 17.7 Å². The Morgan fingerprint density at radius 1 is 1.11 bits per heavy atom. The van der Waals surface area contributed by atoms with Gasteiger partial charge in [-0.25, -0.2) is 0 Å². The fourth-order valence-corrected chi connectivity index (χ4v) is 1.72. The second kappa shape index (κ2) is 5.56. The van der Waals surface area contributed by atoms with Gasteiger partial charge in [-0.05, 0) is 24.3 Å². The lowest BCUT2D eigenvalue weighted by Crippen LogP contribution is -1.92. The van der Waals surface area contributed by atoms with E-state index in [9.17, 15) is 4.79 Å². The largest absolute Gasteiger partial charge is 0.497 e. The first-order valence-corrected chi connectivity index (χ1v) is 5.68. The van der Waals surface area contributed by atoms with Crippen LogP contribution in [0.2, 0.25) is 5.02 Å². The van der Waals surface area contributed by atoms with Crippen molar-refractivity contribution in [1.82, 2.24) is 0 Å². The van der Waals surface area contributed by atoms with Gasteiger partial charge in [-0.1, -0.05) is 23.7 Å². The Balaban J connectivity index is 2.33. The molecule has 0 aromatic heterocycles. The van der Waals surface area contributed by atoms with Gasteiger partial charge < -0.3 is 9.47 Å². The van der Waals surface area contributed by atoms with Gasteiger partial charge >= 0.3 is 0 Å². The van der Waals surface area contributed by atoms with Gasteiger partial charge in [0.2, 0.25) is 0 Å². The maximum atomic E-state index is 11.0. The number of rotatable bonds is 4. The number of aldehydes is 1. The lowest BCUT2D eigenvalue weighted by atomic mass is 10.2. The van der Waals surface area contributed by atoms with E-state index in [-0.39, 0.29) is 0 Å². The number of hydrogen-bond acceptors (Lipinski definition) is 3. The number of ether oxygens (including phenoxy) is 2. The number of halogens is 1. The smallest absolute Gasteiger partial charge is 0.155 e. The van der Waals surface area contributed by atoms with Gasteiger partial charge in [-0.3, -0.25) is 4.79 Å². The van der Waals surface area contributed by atoms with E-state index in [2.05, 4.69) is 0 Å². The molecular weight excluding hydrogens is 252 g/mol. The molecule has 18 heavy (non-hydrogen) atoms. The predicted molar refractivity (Wildman–Crippen MR) is 69.9 cm³/mol. The minimum absolute atomic E-state index is 0.335. The lowest BCUT2D eigenvalue weighted by molar-refractivity contribution is 0.112. The van der Waals surface area contributed by atoms with Crippen LogP contribution in [0.4, 0.5) is 0 Å². The SMILES string of the molecule is COc1cccc(Oc2cccc(Cl)c2C=O)c1. The molecule has 92 valence electrons. The van der Waals surface area contributed by atoms with Crippen LogP contribution >= 0.6 is 11.6 Å². The molecule has 0 aliphatic rings. The summed E-state index contributed by atoms with van der Waals surface area (Å²) in [5.74, 6) is 1.69. The third-order valence-electron chi connectivity index (χ3n) is 2.40.